The highest BCUT2D eigenvalue weighted by atomic mass is 32.1. The summed E-state index contributed by atoms with van der Waals surface area (Å²) in [5, 5.41) is 2.34. The first-order chi connectivity index (χ1) is 18.0. The SMILES string of the molecule is CCN(CC)OC(=O)C1CN(Cc2ccc(-c3nc4ccc(C5(C6CCCC6)CC5)nc4s3)c(F)c2)C1. The van der Waals surface area contributed by atoms with Crippen molar-refractivity contribution in [1.29, 1.82) is 0 Å². The molecule has 0 N–H and O–H groups in total. The first-order valence-corrected chi connectivity index (χ1v) is 14.6. The van der Waals surface area contributed by atoms with Crippen molar-refractivity contribution >= 4 is 27.7 Å². The van der Waals surface area contributed by atoms with Crippen molar-refractivity contribution in [3.05, 3.63) is 47.4 Å². The zero-order valence-corrected chi connectivity index (χ0v) is 22.5. The molecule has 0 spiro atoms. The summed E-state index contributed by atoms with van der Waals surface area (Å²) >= 11 is 1.48. The van der Waals surface area contributed by atoms with E-state index in [1.807, 2.05) is 26.0 Å². The van der Waals surface area contributed by atoms with Gasteiger partial charge in [-0.25, -0.2) is 19.2 Å². The molecule has 0 unspecified atom stereocenters. The van der Waals surface area contributed by atoms with Crippen LogP contribution in [0.15, 0.2) is 30.3 Å². The number of halogens is 1. The minimum Gasteiger partial charge on any atom is -0.368 e. The van der Waals surface area contributed by atoms with Crippen molar-refractivity contribution in [1.82, 2.24) is 19.9 Å². The molecular weight excluding hydrogens is 487 g/mol. The molecule has 2 aromatic heterocycles. The number of benzene rings is 1. The monoisotopic (exact) mass is 522 g/mol. The zero-order valence-electron chi connectivity index (χ0n) is 21.7. The molecule has 3 aromatic rings. The average Bonchev–Trinajstić information content (AvgIpc) is 3.29. The molecule has 3 heterocycles. The first kappa shape index (κ1) is 24.9. The Labute approximate surface area is 221 Å². The highest BCUT2D eigenvalue weighted by Crippen LogP contribution is 2.58. The molecule has 2 aliphatic carbocycles. The number of nitrogens with zero attached hydrogens (tertiary/aromatic N) is 4. The van der Waals surface area contributed by atoms with E-state index in [2.05, 4.69) is 17.0 Å². The fourth-order valence-electron chi connectivity index (χ4n) is 6.19. The third-order valence-electron chi connectivity index (χ3n) is 8.58. The second-order valence-corrected chi connectivity index (χ2v) is 11.9. The van der Waals surface area contributed by atoms with Crippen molar-refractivity contribution in [2.45, 2.75) is 64.3 Å². The van der Waals surface area contributed by atoms with Gasteiger partial charge in [0.2, 0.25) is 0 Å². The van der Waals surface area contributed by atoms with Crippen molar-refractivity contribution in [3.63, 3.8) is 0 Å². The summed E-state index contributed by atoms with van der Waals surface area (Å²) in [6.07, 6.45) is 7.82. The molecule has 196 valence electrons. The minimum atomic E-state index is -0.264. The number of hydrogen-bond donors (Lipinski definition) is 0. The summed E-state index contributed by atoms with van der Waals surface area (Å²) < 4.78 is 15.2. The van der Waals surface area contributed by atoms with Crippen molar-refractivity contribution in [2.75, 3.05) is 26.2 Å². The Bertz CT molecular complexity index is 1290. The maximum Gasteiger partial charge on any atom is 0.330 e. The lowest BCUT2D eigenvalue weighted by atomic mass is 9.84. The summed E-state index contributed by atoms with van der Waals surface area (Å²) in [5.74, 6) is 0.210. The average molecular weight is 523 g/mol. The molecule has 2 saturated carbocycles. The van der Waals surface area contributed by atoms with E-state index in [0.717, 1.165) is 21.8 Å². The number of aromatic nitrogens is 2. The summed E-state index contributed by atoms with van der Waals surface area (Å²) in [7, 11) is 0. The van der Waals surface area contributed by atoms with E-state index in [-0.39, 0.29) is 23.1 Å². The van der Waals surface area contributed by atoms with Crippen LogP contribution in [0.25, 0.3) is 20.9 Å². The van der Waals surface area contributed by atoms with E-state index in [1.165, 1.54) is 55.6 Å². The Hall–Kier alpha value is -2.42. The quantitative estimate of drug-likeness (QED) is 0.324. The van der Waals surface area contributed by atoms with Gasteiger partial charge in [-0.2, -0.15) is 0 Å². The van der Waals surface area contributed by atoms with Crippen LogP contribution in [0, 0.1) is 17.7 Å². The van der Waals surface area contributed by atoms with Crippen LogP contribution in [0.2, 0.25) is 0 Å². The second kappa shape index (κ2) is 10.0. The van der Waals surface area contributed by atoms with Gasteiger partial charge < -0.3 is 4.84 Å². The van der Waals surface area contributed by atoms with Gasteiger partial charge in [0.1, 0.15) is 21.2 Å². The van der Waals surface area contributed by atoms with Gasteiger partial charge in [0.25, 0.3) is 0 Å². The number of fused-ring (bicyclic) bond motifs is 1. The topological polar surface area (TPSA) is 58.6 Å². The Morgan fingerprint density at radius 1 is 1.14 bits per heavy atom. The third-order valence-corrected chi connectivity index (χ3v) is 9.57. The molecule has 6 rings (SSSR count). The van der Waals surface area contributed by atoms with Crippen LogP contribution < -0.4 is 0 Å². The summed E-state index contributed by atoms with van der Waals surface area (Å²) in [4.78, 5) is 30.5. The largest absolute Gasteiger partial charge is 0.368 e. The van der Waals surface area contributed by atoms with Crippen molar-refractivity contribution in [3.8, 4) is 10.6 Å². The van der Waals surface area contributed by atoms with Gasteiger partial charge >= 0.3 is 5.97 Å². The van der Waals surface area contributed by atoms with E-state index in [9.17, 15) is 4.79 Å². The van der Waals surface area contributed by atoms with Crippen LogP contribution in [-0.4, -0.2) is 52.1 Å². The highest BCUT2D eigenvalue weighted by Gasteiger charge is 2.52. The Morgan fingerprint density at radius 3 is 2.57 bits per heavy atom. The number of hydrogen-bond acceptors (Lipinski definition) is 7. The van der Waals surface area contributed by atoms with Gasteiger partial charge in [-0.1, -0.05) is 30.2 Å². The van der Waals surface area contributed by atoms with Crippen molar-refractivity contribution in [2.24, 2.45) is 11.8 Å². The molecule has 1 saturated heterocycles. The van der Waals surface area contributed by atoms with Gasteiger partial charge in [0.15, 0.2) is 0 Å². The van der Waals surface area contributed by atoms with E-state index < -0.39 is 0 Å². The standard InChI is InChI=1S/C29H35FN4O2S/c1-3-34(4-2)36-28(35)20-17-33(18-20)16-19-9-10-22(23(30)15-19)26-31-24-11-12-25(32-27(24)37-26)29(13-14-29)21-7-5-6-8-21/h9-12,15,20-21H,3-8,13-14,16-18H2,1-2H3. The number of carbonyl (C=O) groups excluding carboxylic acids is 1. The van der Waals surface area contributed by atoms with Crippen LogP contribution >= 0.6 is 11.3 Å². The van der Waals surface area contributed by atoms with Crippen LogP contribution in [-0.2, 0) is 21.6 Å². The Morgan fingerprint density at radius 2 is 1.89 bits per heavy atom. The molecule has 8 heteroatoms. The van der Waals surface area contributed by atoms with Crippen LogP contribution in [0.4, 0.5) is 4.39 Å². The summed E-state index contributed by atoms with van der Waals surface area (Å²) in [5.41, 5.74) is 3.75. The summed E-state index contributed by atoms with van der Waals surface area (Å²) in [6.45, 7) is 7.17. The first-order valence-electron chi connectivity index (χ1n) is 13.7. The number of pyridine rings is 1. The maximum atomic E-state index is 15.2. The maximum absolute atomic E-state index is 15.2. The van der Waals surface area contributed by atoms with Gasteiger partial charge in [-0.3, -0.25) is 4.90 Å². The third kappa shape index (κ3) is 4.79. The normalized spacial score (nSPS) is 20.0. The molecule has 37 heavy (non-hydrogen) atoms. The molecule has 0 radical (unpaired) electrons. The molecule has 1 aromatic carbocycles. The van der Waals surface area contributed by atoms with Crippen LogP contribution in [0.5, 0.6) is 0 Å². The summed E-state index contributed by atoms with van der Waals surface area (Å²) in [6, 6.07) is 9.63. The zero-order chi connectivity index (χ0) is 25.6. The predicted octanol–water partition coefficient (Wildman–Crippen LogP) is 5.95. The van der Waals surface area contributed by atoms with E-state index in [4.69, 9.17) is 14.8 Å². The lowest BCUT2D eigenvalue weighted by Gasteiger charge is -2.38. The van der Waals surface area contributed by atoms with Gasteiger partial charge in [-0.05, 0) is 75.3 Å². The van der Waals surface area contributed by atoms with E-state index in [1.54, 1.807) is 11.1 Å². The van der Waals surface area contributed by atoms with Crippen molar-refractivity contribution < 1.29 is 14.0 Å². The van der Waals surface area contributed by atoms with Crippen LogP contribution in [0.1, 0.15) is 63.6 Å². The Kier molecular flexibility index (Phi) is 6.75. The second-order valence-electron chi connectivity index (χ2n) is 10.9. The number of hydroxylamine groups is 2. The number of carbonyl (C=O) groups is 1. The smallest absolute Gasteiger partial charge is 0.330 e. The molecule has 3 fully saturated rings. The lowest BCUT2D eigenvalue weighted by Crippen LogP contribution is -2.51. The lowest BCUT2D eigenvalue weighted by molar-refractivity contribution is -0.199. The molecule has 0 bridgehead atoms. The molecule has 0 amide bonds. The van der Waals surface area contributed by atoms with Gasteiger partial charge in [-0.15, -0.1) is 5.06 Å². The highest BCUT2D eigenvalue weighted by molar-refractivity contribution is 7.21. The fourth-order valence-corrected chi connectivity index (χ4v) is 7.15. The van der Waals surface area contributed by atoms with Gasteiger partial charge in [0, 0.05) is 49.4 Å². The van der Waals surface area contributed by atoms with E-state index >= 15 is 4.39 Å². The molecule has 1 aliphatic heterocycles. The number of rotatable bonds is 9. The van der Waals surface area contributed by atoms with Crippen LogP contribution in [0.3, 0.4) is 0 Å². The molecule has 0 atom stereocenters. The number of thiazole rings is 1. The minimum absolute atomic E-state index is 0.117. The number of likely N-dealkylation sites (tertiary alicyclic amines) is 1. The van der Waals surface area contributed by atoms with E-state index in [0.29, 0.717) is 43.3 Å². The fraction of sp³-hybridized carbons (Fsp3) is 0.552. The Balaban J connectivity index is 1.11. The molecular formula is C29H35FN4O2S. The van der Waals surface area contributed by atoms with Gasteiger partial charge in [0.05, 0.1) is 5.92 Å². The predicted molar refractivity (Wildman–Crippen MR) is 143 cm³/mol. The molecule has 3 aliphatic rings. The molecule has 6 nitrogen and oxygen atoms in total.